The Morgan fingerprint density at radius 1 is 0.571 bits per heavy atom. The van der Waals surface area contributed by atoms with Crippen molar-refractivity contribution in [2.75, 3.05) is 0 Å². The number of fused-ring (bicyclic) bond motifs is 4. The molecule has 2 heteroatoms. The molecule has 0 atom stereocenters. The van der Waals surface area contributed by atoms with E-state index in [1.807, 2.05) is 24.3 Å². The summed E-state index contributed by atoms with van der Waals surface area (Å²) in [5.41, 5.74) is 8.74. The van der Waals surface area contributed by atoms with Crippen LogP contribution in [0.4, 0.5) is 0 Å². The Labute approximate surface area is 170 Å². The summed E-state index contributed by atoms with van der Waals surface area (Å²) in [5, 5.41) is 9.54. The smallest absolute Gasteiger partial charge is 0.0911 e. The van der Waals surface area contributed by atoms with Gasteiger partial charge in [-0.25, -0.2) is 0 Å². The number of rotatable bonds is 0. The maximum absolute atomic E-state index is 3.45. The fourth-order valence-corrected chi connectivity index (χ4v) is 4.49. The average Bonchev–Trinajstić information content (AvgIpc) is 2.74. The summed E-state index contributed by atoms with van der Waals surface area (Å²) in [4.78, 5) is 0. The van der Waals surface area contributed by atoms with E-state index in [1.165, 1.54) is 43.1 Å². The Kier molecular flexibility index (Phi) is 4.03. The van der Waals surface area contributed by atoms with Crippen molar-refractivity contribution in [1.82, 2.24) is 0 Å². The first-order valence-electron chi connectivity index (χ1n) is 9.29. The Balaban J connectivity index is 2.11. The molecule has 2 radical (unpaired) electrons. The average molecular weight is 385 g/mol. The lowest BCUT2D eigenvalue weighted by molar-refractivity contribution is 1.73. The summed E-state index contributed by atoms with van der Waals surface area (Å²) in [7, 11) is 1.70. The molecule has 0 bridgehead atoms. The highest BCUT2D eigenvalue weighted by molar-refractivity contribution is 6.24. The minimum absolute atomic E-state index is 0.849. The molecular weight excluding hydrogens is 368 g/mol. The third-order valence-corrected chi connectivity index (χ3v) is 5.72. The zero-order valence-electron chi connectivity index (χ0n) is 15.8. The summed E-state index contributed by atoms with van der Waals surface area (Å²) in [6, 6.07) is 27.7. The van der Waals surface area contributed by atoms with Crippen LogP contribution in [0.3, 0.4) is 0 Å². The molecule has 0 N–H and O–H groups in total. The van der Waals surface area contributed by atoms with Crippen molar-refractivity contribution in [2.45, 2.75) is 0 Å². The first kappa shape index (κ1) is 16.8. The third kappa shape index (κ3) is 2.55. The first-order valence-corrected chi connectivity index (χ1v) is 11.3. The molecule has 0 aliphatic rings. The molecule has 5 rings (SSSR count). The van der Waals surface area contributed by atoms with E-state index >= 15 is 0 Å². The summed E-state index contributed by atoms with van der Waals surface area (Å²) >= 11 is 0. The largest absolute Gasteiger partial charge is 0.138 e. The second kappa shape index (κ2) is 6.69. The van der Waals surface area contributed by atoms with Crippen molar-refractivity contribution >= 4 is 63.6 Å². The van der Waals surface area contributed by atoms with Gasteiger partial charge in [0.1, 0.15) is 0 Å². The van der Waals surface area contributed by atoms with Gasteiger partial charge < -0.3 is 0 Å². The van der Waals surface area contributed by atoms with Gasteiger partial charge in [0.05, 0.1) is 20.5 Å². The predicted molar refractivity (Wildman–Crippen MR) is 128 cm³/mol. The molecule has 0 heterocycles. The van der Waals surface area contributed by atoms with Crippen LogP contribution in [0.25, 0.3) is 43.1 Å². The molecular formula is C26H16Si2. The molecule has 0 saturated heterocycles. The standard InChI is InChI=1S/C26H16Si2/c27-11-9-21-23-13-17-5-1-2-6-18(17)14-24(23)22(10-12-28)26-16-20-8-4-3-7-19(20)15-25(21)26/h1,4-8,13-16H,27-28H3. The lowest BCUT2D eigenvalue weighted by Gasteiger charge is -2.13. The topological polar surface area (TPSA) is 0 Å². The number of hydrogen-bond donors (Lipinski definition) is 0. The fraction of sp³-hybridized carbons (Fsp3) is 0. The van der Waals surface area contributed by atoms with Crippen molar-refractivity contribution < 1.29 is 0 Å². The predicted octanol–water partition coefficient (Wildman–Crippen LogP) is 3.25. The highest BCUT2D eigenvalue weighted by Gasteiger charge is 2.14. The van der Waals surface area contributed by atoms with E-state index in [2.05, 4.69) is 71.5 Å². The van der Waals surface area contributed by atoms with Gasteiger partial charge in [0.25, 0.3) is 0 Å². The third-order valence-electron chi connectivity index (χ3n) is 5.22. The van der Waals surface area contributed by atoms with Gasteiger partial charge in [0, 0.05) is 11.1 Å². The molecule has 0 nitrogen and oxygen atoms in total. The van der Waals surface area contributed by atoms with Crippen LogP contribution in [0.5, 0.6) is 0 Å². The van der Waals surface area contributed by atoms with E-state index < -0.39 is 0 Å². The van der Waals surface area contributed by atoms with Gasteiger partial charge in [0.2, 0.25) is 0 Å². The lowest BCUT2D eigenvalue weighted by Crippen LogP contribution is -1.92. The van der Waals surface area contributed by atoms with Gasteiger partial charge >= 0.3 is 0 Å². The Bertz CT molecular complexity index is 1320. The quantitative estimate of drug-likeness (QED) is 0.218. The molecule has 5 aromatic carbocycles. The van der Waals surface area contributed by atoms with Gasteiger partial charge in [-0.05, 0) is 91.6 Å². The highest BCUT2D eigenvalue weighted by Crippen LogP contribution is 2.36. The van der Waals surface area contributed by atoms with E-state index in [0.29, 0.717) is 0 Å². The minimum atomic E-state index is 0.849. The van der Waals surface area contributed by atoms with Crippen molar-refractivity contribution in [3.63, 3.8) is 0 Å². The normalized spacial score (nSPS) is 10.9. The monoisotopic (exact) mass is 384 g/mol. The molecule has 0 aromatic heterocycles. The minimum Gasteiger partial charge on any atom is -0.138 e. The maximum atomic E-state index is 3.45. The maximum Gasteiger partial charge on any atom is 0.0911 e. The summed E-state index contributed by atoms with van der Waals surface area (Å²) in [5.74, 6) is 6.89. The van der Waals surface area contributed by atoms with Crippen LogP contribution in [0, 0.1) is 35.1 Å². The molecule has 0 spiro atoms. The molecule has 0 aliphatic heterocycles. The second-order valence-electron chi connectivity index (χ2n) is 6.84. The van der Waals surface area contributed by atoms with Crippen LogP contribution >= 0.6 is 0 Å². The lowest BCUT2D eigenvalue weighted by atomic mass is 9.89. The van der Waals surface area contributed by atoms with Crippen LogP contribution < -0.4 is 0 Å². The Hall–Kier alpha value is -3.31. The molecule has 28 heavy (non-hydrogen) atoms. The first-order chi connectivity index (χ1) is 13.8. The summed E-state index contributed by atoms with van der Waals surface area (Å²) in [6.07, 6.45) is 0. The summed E-state index contributed by atoms with van der Waals surface area (Å²) < 4.78 is 0. The van der Waals surface area contributed by atoms with E-state index in [4.69, 9.17) is 0 Å². The van der Waals surface area contributed by atoms with Gasteiger partial charge in [-0.2, -0.15) is 0 Å². The van der Waals surface area contributed by atoms with Crippen molar-refractivity contribution in [3.05, 3.63) is 83.9 Å². The summed E-state index contributed by atoms with van der Waals surface area (Å²) in [6.45, 7) is 0. The molecule has 0 unspecified atom stereocenters. The van der Waals surface area contributed by atoms with Gasteiger partial charge in [-0.15, -0.1) is 11.1 Å². The number of benzene rings is 5. The Morgan fingerprint density at radius 3 is 1.36 bits per heavy atom. The molecule has 0 fully saturated rings. The van der Waals surface area contributed by atoms with Crippen LogP contribution in [0.1, 0.15) is 11.1 Å². The van der Waals surface area contributed by atoms with E-state index in [9.17, 15) is 0 Å². The zero-order valence-corrected chi connectivity index (χ0v) is 19.8. The molecule has 0 saturated carbocycles. The van der Waals surface area contributed by atoms with E-state index in [-0.39, 0.29) is 0 Å². The van der Waals surface area contributed by atoms with Gasteiger partial charge in [-0.3, -0.25) is 0 Å². The van der Waals surface area contributed by atoms with Crippen LogP contribution in [0.2, 0.25) is 0 Å². The molecule has 5 aromatic rings. The Morgan fingerprint density at radius 2 is 0.964 bits per heavy atom. The molecule has 0 amide bonds. The fourth-order valence-electron chi connectivity index (χ4n) is 3.99. The molecule has 128 valence electrons. The van der Waals surface area contributed by atoms with Crippen LogP contribution in [-0.2, 0) is 0 Å². The highest BCUT2D eigenvalue weighted by atomic mass is 28.1. The van der Waals surface area contributed by atoms with Gasteiger partial charge in [-0.1, -0.05) is 36.1 Å². The van der Waals surface area contributed by atoms with E-state index in [1.54, 1.807) is 0 Å². The number of hydrogen-bond acceptors (Lipinski definition) is 0. The van der Waals surface area contributed by atoms with Gasteiger partial charge in [0.15, 0.2) is 0 Å². The molecule has 0 aliphatic carbocycles. The van der Waals surface area contributed by atoms with Crippen LogP contribution in [0.15, 0.2) is 60.7 Å². The van der Waals surface area contributed by atoms with Crippen molar-refractivity contribution in [1.29, 1.82) is 0 Å². The van der Waals surface area contributed by atoms with Crippen molar-refractivity contribution in [3.8, 4) is 22.9 Å². The zero-order chi connectivity index (χ0) is 19.1. The second-order valence-corrected chi connectivity index (χ2v) is 7.84. The SMILES string of the molecule is [SiH3]C#Cc1c2cc3c[c]ccc3cc2c(C#C[SiH3])c2cc3c[c]ccc3cc12. The van der Waals surface area contributed by atoms with E-state index in [0.717, 1.165) is 31.6 Å². The van der Waals surface area contributed by atoms with Crippen LogP contribution in [-0.4, -0.2) is 20.5 Å². The van der Waals surface area contributed by atoms with Crippen molar-refractivity contribution in [2.24, 2.45) is 0 Å².